The summed E-state index contributed by atoms with van der Waals surface area (Å²) in [4.78, 5) is 24.2. The molecular weight excluding hydrogens is 297 g/mol. The average Bonchev–Trinajstić information content (AvgIpc) is 2.35. The van der Waals surface area contributed by atoms with Crippen LogP contribution in [0.3, 0.4) is 0 Å². The van der Waals surface area contributed by atoms with Crippen molar-refractivity contribution in [2.45, 2.75) is 26.3 Å². The van der Waals surface area contributed by atoms with Crippen LogP contribution in [-0.4, -0.2) is 34.0 Å². The summed E-state index contributed by atoms with van der Waals surface area (Å²) in [6.07, 6.45) is 2.71. The van der Waals surface area contributed by atoms with Crippen molar-refractivity contribution < 1.29 is 19.1 Å². The molecule has 1 N–H and O–H groups in total. The van der Waals surface area contributed by atoms with Crippen LogP contribution >= 0.6 is 11.6 Å². The summed E-state index contributed by atoms with van der Waals surface area (Å²) in [5.41, 5.74) is -0.0702. The predicted octanol–water partition coefficient (Wildman–Crippen LogP) is 3.20. The van der Waals surface area contributed by atoms with Crippen molar-refractivity contribution >= 4 is 29.6 Å². The highest BCUT2D eigenvalue weighted by molar-refractivity contribution is 6.30. The molecule has 0 heterocycles. The minimum absolute atomic E-state index is 0.0391. The lowest BCUT2D eigenvalue weighted by Gasteiger charge is -2.33. The topological polar surface area (TPSA) is 57.6 Å². The smallest absolute Gasteiger partial charge is 0.323 e. The molecule has 0 aliphatic heterocycles. The van der Waals surface area contributed by atoms with Gasteiger partial charge in [0.1, 0.15) is 12.4 Å². The molecule has 0 aliphatic rings. The Morgan fingerprint density at radius 2 is 2.00 bits per heavy atom. The summed E-state index contributed by atoms with van der Waals surface area (Å²) < 4.78 is 13.0. The zero-order valence-corrected chi connectivity index (χ0v) is 12.8. The van der Waals surface area contributed by atoms with Gasteiger partial charge in [-0.1, -0.05) is 17.7 Å². The van der Waals surface area contributed by atoms with E-state index < -0.39 is 29.8 Å². The van der Waals surface area contributed by atoms with E-state index in [1.807, 2.05) is 0 Å². The van der Waals surface area contributed by atoms with Crippen molar-refractivity contribution in [2.75, 3.05) is 6.54 Å². The van der Waals surface area contributed by atoms with E-state index in [0.717, 1.165) is 0 Å². The number of carboxylic acid groups (broad SMARTS) is 1. The number of hydrogen-bond acceptors (Lipinski definition) is 2. The minimum atomic E-state index is -1.09. The summed E-state index contributed by atoms with van der Waals surface area (Å²) in [5.74, 6) is -2.07. The van der Waals surface area contributed by atoms with Gasteiger partial charge in [-0.15, -0.1) is 0 Å². The van der Waals surface area contributed by atoms with Crippen molar-refractivity contribution in [3.8, 4) is 0 Å². The van der Waals surface area contributed by atoms with E-state index in [-0.39, 0.29) is 5.02 Å². The number of carbonyl (C=O) groups excluding carboxylic acids is 1. The van der Waals surface area contributed by atoms with E-state index >= 15 is 0 Å². The fourth-order valence-electron chi connectivity index (χ4n) is 1.65. The standard InChI is InChI=1S/C15H17ClFNO3/c1-15(2,3)18(9-14(20)21)13(19)7-5-10-4-6-12(17)11(16)8-10/h4-8H,9H2,1-3H3,(H,20,21). The highest BCUT2D eigenvalue weighted by atomic mass is 35.5. The third-order valence-electron chi connectivity index (χ3n) is 2.73. The van der Waals surface area contributed by atoms with Crippen LogP contribution in [0.5, 0.6) is 0 Å². The normalized spacial score (nSPS) is 11.7. The quantitative estimate of drug-likeness (QED) is 0.868. The SMILES string of the molecule is CC(C)(C)N(CC(=O)O)C(=O)C=Cc1ccc(F)c(Cl)c1. The molecule has 0 aromatic heterocycles. The maximum Gasteiger partial charge on any atom is 0.323 e. The predicted molar refractivity (Wildman–Crippen MR) is 79.5 cm³/mol. The molecule has 0 saturated carbocycles. The maximum atomic E-state index is 13.0. The number of hydrogen-bond donors (Lipinski definition) is 1. The molecule has 0 aliphatic carbocycles. The third-order valence-corrected chi connectivity index (χ3v) is 3.02. The molecule has 0 unspecified atom stereocenters. The van der Waals surface area contributed by atoms with Gasteiger partial charge in [0.25, 0.3) is 0 Å². The first-order chi connectivity index (χ1) is 9.61. The Morgan fingerprint density at radius 3 is 2.48 bits per heavy atom. The van der Waals surface area contributed by atoms with Crippen molar-refractivity contribution in [1.29, 1.82) is 0 Å². The fraction of sp³-hybridized carbons (Fsp3) is 0.333. The minimum Gasteiger partial charge on any atom is -0.480 e. The van der Waals surface area contributed by atoms with Gasteiger partial charge in [-0.2, -0.15) is 0 Å². The average molecular weight is 314 g/mol. The molecule has 1 aromatic rings. The Balaban J connectivity index is 2.92. The van der Waals surface area contributed by atoms with Gasteiger partial charge in [0.05, 0.1) is 5.02 Å². The van der Waals surface area contributed by atoms with E-state index in [1.165, 1.54) is 35.3 Å². The van der Waals surface area contributed by atoms with E-state index in [9.17, 15) is 14.0 Å². The zero-order chi connectivity index (χ0) is 16.2. The molecule has 6 heteroatoms. The second-order valence-corrected chi connectivity index (χ2v) is 5.90. The van der Waals surface area contributed by atoms with Gasteiger partial charge in [0.2, 0.25) is 5.91 Å². The van der Waals surface area contributed by atoms with Crippen LogP contribution in [-0.2, 0) is 9.59 Å². The van der Waals surface area contributed by atoms with Crippen LogP contribution in [0.15, 0.2) is 24.3 Å². The Labute approximate surface area is 127 Å². The van der Waals surface area contributed by atoms with Crippen LogP contribution in [0, 0.1) is 5.82 Å². The lowest BCUT2D eigenvalue weighted by molar-refractivity contribution is -0.145. The highest BCUT2D eigenvalue weighted by Crippen LogP contribution is 2.18. The molecule has 0 radical (unpaired) electrons. The van der Waals surface area contributed by atoms with Gasteiger partial charge in [0.15, 0.2) is 0 Å². The lowest BCUT2D eigenvalue weighted by atomic mass is 10.1. The zero-order valence-electron chi connectivity index (χ0n) is 12.1. The first-order valence-electron chi connectivity index (χ1n) is 6.28. The van der Waals surface area contributed by atoms with Crippen LogP contribution in [0.2, 0.25) is 5.02 Å². The summed E-state index contributed by atoms with van der Waals surface area (Å²) in [5, 5.41) is 8.83. The molecule has 4 nitrogen and oxygen atoms in total. The molecule has 1 aromatic carbocycles. The van der Waals surface area contributed by atoms with Gasteiger partial charge < -0.3 is 10.0 Å². The Morgan fingerprint density at radius 1 is 1.38 bits per heavy atom. The number of benzene rings is 1. The fourth-order valence-corrected chi connectivity index (χ4v) is 1.84. The molecule has 114 valence electrons. The Hall–Kier alpha value is -1.88. The second-order valence-electron chi connectivity index (χ2n) is 5.50. The number of rotatable bonds is 4. The van der Waals surface area contributed by atoms with Gasteiger partial charge in [-0.05, 0) is 44.5 Å². The van der Waals surface area contributed by atoms with E-state index in [0.29, 0.717) is 5.56 Å². The van der Waals surface area contributed by atoms with Crippen LogP contribution in [0.4, 0.5) is 4.39 Å². The number of carbonyl (C=O) groups is 2. The summed E-state index contributed by atoms with van der Waals surface area (Å²) >= 11 is 5.65. The Bertz CT molecular complexity index is 579. The van der Waals surface area contributed by atoms with E-state index in [2.05, 4.69) is 0 Å². The van der Waals surface area contributed by atoms with Crippen molar-refractivity contribution in [3.05, 3.63) is 40.7 Å². The molecule has 1 amide bonds. The molecule has 0 atom stereocenters. The monoisotopic (exact) mass is 313 g/mol. The number of aliphatic carboxylic acids is 1. The molecule has 21 heavy (non-hydrogen) atoms. The summed E-state index contributed by atoms with van der Waals surface area (Å²) in [6, 6.07) is 4.06. The molecule has 0 bridgehead atoms. The molecule has 0 fully saturated rings. The first-order valence-corrected chi connectivity index (χ1v) is 6.65. The Kier molecular flexibility index (Phi) is 5.49. The first kappa shape index (κ1) is 17.2. The van der Waals surface area contributed by atoms with Crippen LogP contribution in [0.1, 0.15) is 26.3 Å². The largest absolute Gasteiger partial charge is 0.480 e. The van der Waals surface area contributed by atoms with E-state index in [4.69, 9.17) is 16.7 Å². The molecule has 0 spiro atoms. The maximum absolute atomic E-state index is 13.0. The summed E-state index contributed by atoms with van der Waals surface area (Å²) in [6.45, 7) is 4.85. The number of amides is 1. The van der Waals surface area contributed by atoms with Crippen molar-refractivity contribution in [3.63, 3.8) is 0 Å². The van der Waals surface area contributed by atoms with Gasteiger partial charge in [0, 0.05) is 11.6 Å². The van der Waals surface area contributed by atoms with E-state index in [1.54, 1.807) is 20.8 Å². The van der Waals surface area contributed by atoms with Gasteiger partial charge >= 0.3 is 5.97 Å². The van der Waals surface area contributed by atoms with Crippen LogP contribution in [0.25, 0.3) is 6.08 Å². The number of carboxylic acids is 1. The summed E-state index contributed by atoms with van der Waals surface area (Å²) in [7, 11) is 0. The highest BCUT2D eigenvalue weighted by Gasteiger charge is 2.26. The lowest BCUT2D eigenvalue weighted by Crippen LogP contribution is -2.47. The second kappa shape index (κ2) is 6.72. The third kappa shape index (κ3) is 5.19. The van der Waals surface area contributed by atoms with Crippen LogP contribution < -0.4 is 0 Å². The van der Waals surface area contributed by atoms with Gasteiger partial charge in [-0.3, -0.25) is 9.59 Å². The molecule has 0 saturated heterocycles. The van der Waals surface area contributed by atoms with Crippen molar-refractivity contribution in [1.82, 2.24) is 4.90 Å². The molecular formula is C15H17ClFNO3. The molecule has 1 rings (SSSR count). The number of nitrogens with zero attached hydrogens (tertiary/aromatic N) is 1. The number of halogens is 2. The van der Waals surface area contributed by atoms with Crippen molar-refractivity contribution in [2.24, 2.45) is 0 Å². The van der Waals surface area contributed by atoms with Gasteiger partial charge in [-0.25, -0.2) is 4.39 Å².